The van der Waals surface area contributed by atoms with Gasteiger partial charge in [-0.15, -0.1) is 0 Å². The number of nitrogens with zero attached hydrogens (tertiary/aromatic N) is 4. The van der Waals surface area contributed by atoms with Gasteiger partial charge in [0.15, 0.2) is 0 Å². The molecule has 8 heteroatoms. The summed E-state index contributed by atoms with van der Waals surface area (Å²) in [6.07, 6.45) is 4.50. The van der Waals surface area contributed by atoms with Crippen molar-refractivity contribution in [2.45, 2.75) is 19.8 Å². The number of rotatable bonds is 3. The third kappa shape index (κ3) is 3.70. The minimum atomic E-state index is -0.111. The molecule has 0 saturated carbocycles. The van der Waals surface area contributed by atoms with Gasteiger partial charge in [-0.05, 0) is 43.4 Å². The Labute approximate surface area is 137 Å². The lowest BCUT2D eigenvalue weighted by molar-refractivity contribution is -0.121. The van der Waals surface area contributed by atoms with E-state index < -0.39 is 0 Å². The van der Waals surface area contributed by atoms with E-state index in [1.54, 1.807) is 29.4 Å². The summed E-state index contributed by atoms with van der Waals surface area (Å²) < 4.78 is 4.06. The summed E-state index contributed by atoms with van der Waals surface area (Å²) in [6, 6.07) is 3.41. The maximum atomic E-state index is 12.3. The number of hydrogen-bond acceptors (Lipinski definition) is 6. The summed E-state index contributed by atoms with van der Waals surface area (Å²) in [5, 5.41) is 3.56. The Morgan fingerprint density at radius 1 is 1.26 bits per heavy atom. The molecule has 1 N–H and O–H groups in total. The predicted molar refractivity (Wildman–Crippen MR) is 86.1 cm³/mol. The molecule has 1 fully saturated rings. The molecule has 0 atom stereocenters. The smallest absolute Gasteiger partial charge is 0.253 e. The number of aromatic nitrogens is 3. The highest BCUT2D eigenvalue weighted by molar-refractivity contribution is 7.05. The molecule has 3 heterocycles. The number of anilines is 1. The van der Waals surface area contributed by atoms with Gasteiger partial charge in [0.2, 0.25) is 11.9 Å². The van der Waals surface area contributed by atoms with Crippen molar-refractivity contribution in [3.05, 3.63) is 35.1 Å². The molecule has 0 aliphatic carbocycles. The molecule has 23 heavy (non-hydrogen) atoms. The van der Waals surface area contributed by atoms with Crippen molar-refractivity contribution < 1.29 is 9.59 Å². The number of carbonyl (C=O) groups excluding carboxylic acids is 2. The number of piperidine rings is 1. The van der Waals surface area contributed by atoms with Gasteiger partial charge in [-0.2, -0.15) is 4.37 Å². The Balaban J connectivity index is 1.54. The van der Waals surface area contributed by atoms with Crippen LogP contribution in [0, 0.1) is 12.8 Å². The van der Waals surface area contributed by atoms with Crippen molar-refractivity contribution in [3.63, 3.8) is 0 Å². The van der Waals surface area contributed by atoms with Gasteiger partial charge in [-0.3, -0.25) is 19.9 Å². The molecule has 1 aliphatic rings. The average molecular weight is 331 g/mol. The predicted octanol–water partition coefficient (Wildman–Crippen LogP) is 1.73. The molecule has 0 aromatic carbocycles. The first kappa shape index (κ1) is 15.5. The molecule has 0 bridgehead atoms. The van der Waals surface area contributed by atoms with E-state index in [-0.39, 0.29) is 17.7 Å². The first-order valence-electron chi connectivity index (χ1n) is 7.44. The van der Waals surface area contributed by atoms with Crippen LogP contribution in [0.5, 0.6) is 0 Å². The zero-order valence-electron chi connectivity index (χ0n) is 12.7. The first-order chi connectivity index (χ1) is 11.1. The molecule has 0 radical (unpaired) electrons. The van der Waals surface area contributed by atoms with E-state index in [0.717, 1.165) is 5.01 Å². The Morgan fingerprint density at radius 3 is 2.57 bits per heavy atom. The highest BCUT2D eigenvalue weighted by Gasteiger charge is 2.28. The van der Waals surface area contributed by atoms with Crippen LogP contribution in [0.4, 0.5) is 5.95 Å². The van der Waals surface area contributed by atoms with Crippen molar-refractivity contribution in [1.29, 1.82) is 0 Å². The van der Waals surface area contributed by atoms with Crippen molar-refractivity contribution in [2.75, 3.05) is 18.4 Å². The third-order valence-electron chi connectivity index (χ3n) is 3.84. The van der Waals surface area contributed by atoms with E-state index in [4.69, 9.17) is 0 Å². The third-order valence-corrected chi connectivity index (χ3v) is 4.46. The highest BCUT2D eigenvalue weighted by atomic mass is 32.1. The Hall–Kier alpha value is -2.35. The quantitative estimate of drug-likeness (QED) is 0.925. The number of likely N-dealkylation sites (tertiary alicyclic amines) is 1. The molecule has 1 saturated heterocycles. The summed E-state index contributed by atoms with van der Waals surface area (Å²) >= 11 is 1.26. The summed E-state index contributed by atoms with van der Waals surface area (Å²) in [5.41, 5.74) is 0.630. The Bertz CT molecular complexity index is 695. The molecule has 2 aromatic rings. The fourth-order valence-electron chi connectivity index (χ4n) is 2.58. The minimum Gasteiger partial charge on any atom is -0.339 e. The van der Waals surface area contributed by atoms with Crippen LogP contribution in [0.3, 0.4) is 0 Å². The van der Waals surface area contributed by atoms with Gasteiger partial charge in [0.1, 0.15) is 5.01 Å². The maximum absolute atomic E-state index is 12.3. The van der Waals surface area contributed by atoms with Crippen LogP contribution in [0.25, 0.3) is 0 Å². The van der Waals surface area contributed by atoms with E-state index in [2.05, 4.69) is 19.7 Å². The topological polar surface area (TPSA) is 88.1 Å². The zero-order chi connectivity index (χ0) is 16.2. The maximum Gasteiger partial charge on any atom is 0.253 e. The van der Waals surface area contributed by atoms with Gasteiger partial charge in [0, 0.05) is 37.0 Å². The molecule has 1 aliphatic heterocycles. The van der Waals surface area contributed by atoms with Crippen LogP contribution in [0.15, 0.2) is 24.5 Å². The van der Waals surface area contributed by atoms with Gasteiger partial charge < -0.3 is 4.90 Å². The second kappa shape index (κ2) is 6.82. The molecule has 0 spiro atoms. The first-order valence-corrected chi connectivity index (χ1v) is 8.21. The van der Waals surface area contributed by atoms with Crippen molar-refractivity contribution in [1.82, 2.24) is 19.2 Å². The second-order valence-corrected chi connectivity index (χ2v) is 6.38. The highest BCUT2D eigenvalue weighted by Crippen LogP contribution is 2.20. The van der Waals surface area contributed by atoms with Gasteiger partial charge >= 0.3 is 0 Å². The standard InChI is InChI=1S/C15H17N5O2S/c1-10-17-15(19-23-10)18-13(21)11-4-8-20(9-5-11)14(22)12-2-6-16-7-3-12/h2-3,6-7,11H,4-5,8-9H2,1H3,(H,18,19,21). The van der Waals surface area contributed by atoms with Gasteiger partial charge in [-0.1, -0.05) is 0 Å². The van der Waals surface area contributed by atoms with Crippen LogP contribution in [-0.2, 0) is 4.79 Å². The van der Waals surface area contributed by atoms with E-state index in [0.29, 0.717) is 37.4 Å². The van der Waals surface area contributed by atoms with E-state index in [9.17, 15) is 9.59 Å². The minimum absolute atomic E-state index is 0.0111. The van der Waals surface area contributed by atoms with Gasteiger partial charge in [0.25, 0.3) is 5.91 Å². The molecule has 2 amide bonds. The van der Waals surface area contributed by atoms with E-state index in [1.165, 1.54) is 11.5 Å². The van der Waals surface area contributed by atoms with Crippen LogP contribution >= 0.6 is 11.5 Å². The molecule has 120 valence electrons. The fraction of sp³-hybridized carbons (Fsp3) is 0.400. The van der Waals surface area contributed by atoms with Crippen LogP contribution in [0.2, 0.25) is 0 Å². The summed E-state index contributed by atoms with van der Waals surface area (Å²) in [6.45, 7) is 2.99. The number of aryl methyl sites for hydroxylation is 1. The van der Waals surface area contributed by atoms with Crippen LogP contribution < -0.4 is 5.32 Å². The fourth-order valence-corrected chi connectivity index (χ4v) is 3.02. The SMILES string of the molecule is Cc1nc(NC(=O)C2CCN(C(=O)c3ccncc3)CC2)ns1. The number of pyridine rings is 1. The monoisotopic (exact) mass is 331 g/mol. The molecule has 7 nitrogen and oxygen atoms in total. The summed E-state index contributed by atoms with van der Waals surface area (Å²) in [4.78, 5) is 34.4. The molecule has 2 aromatic heterocycles. The lowest BCUT2D eigenvalue weighted by atomic mass is 9.95. The molecular formula is C15H17N5O2S. The van der Waals surface area contributed by atoms with Crippen molar-refractivity contribution in [2.24, 2.45) is 5.92 Å². The molecular weight excluding hydrogens is 314 g/mol. The lowest BCUT2D eigenvalue weighted by Crippen LogP contribution is -2.41. The Kier molecular flexibility index (Phi) is 4.61. The molecule has 3 rings (SSSR count). The summed E-state index contributed by atoms with van der Waals surface area (Å²) in [5.74, 6) is 0.176. The van der Waals surface area contributed by atoms with Crippen LogP contribution in [-0.4, -0.2) is 44.1 Å². The largest absolute Gasteiger partial charge is 0.339 e. The normalized spacial score (nSPS) is 15.4. The van der Waals surface area contributed by atoms with Crippen molar-refractivity contribution >= 4 is 29.3 Å². The Morgan fingerprint density at radius 2 is 1.96 bits per heavy atom. The van der Waals surface area contributed by atoms with Gasteiger partial charge in [0.05, 0.1) is 0 Å². The lowest BCUT2D eigenvalue weighted by Gasteiger charge is -2.31. The van der Waals surface area contributed by atoms with Crippen molar-refractivity contribution in [3.8, 4) is 0 Å². The molecule has 0 unspecified atom stereocenters. The van der Waals surface area contributed by atoms with Gasteiger partial charge in [-0.25, -0.2) is 4.98 Å². The number of hydrogen-bond donors (Lipinski definition) is 1. The zero-order valence-corrected chi connectivity index (χ0v) is 13.5. The van der Waals surface area contributed by atoms with Crippen LogP contribution in [0.1, 0.15) is 28.2 Å². The van der Waals surface area contributed by atoms with E-state index in [1.807, 2.05) is 6.92 Å². The summed E-state index contributed by atoms with van der Waals surface area (Å²) in [7, 11) is 0. The van der Waals surface area contributed by atoms with E-state index >= 15 is 0 Å². The average Bonchev–Trinajstić information content (AvgIpc) is 3.00. The second-order valence-electron chi connectivity index (χ2n) is 5.43. The number of amides is 2. The number of carbonyl (C=O) groups is 2. The number of nitrogens with one attached hydrogen (secondary N) is 1.